The van der Waals surface area contributed by atoms with E-state index in [2.05, 4.69) is 39.2 Å². The second-order valence-electron chi connectivity index (χ2n) is 23.0. The standard InChI is InChI=1S/C66H76N8O14S/c1-38(2)62(71-60(77)12-9-8-10-21-73-61(78)31-59(65(73)81)89-37-53(66(82)83)69-40(4)75)54(76)24-39(3)63(79)70-46-17-13-41(14-18-46)44-26-48-33-68-52-30-58(56(86-7)28-50(52)64(80)74(48)36-44)88-23-11-22-87-57-29-51-45(27-55(57)85-6)35-72-34-43(25-47(72)32-67-51)42-15-19-49(84-5)20-16-42/h13-20,27-30,32-34,36,38-39,47-48,53,59,62H,8-12,21-26,31,35,37H2,1-7H3,(H,69,75)(H,70,79)(H,71,77)(H,82,83)/t39-,47+,48+,53?,59?,62+/m1/s1. The van der Waals surface area contributed by atoms with Crippen LogP contribution in [0.2, 0.25) is 0 Å². The van der Waals surface area contributed by atoms with Crippen molar-refractivity contribution in [2.24, 2.45) is 21.8 Å². The number of carboxylic acids is 1. The van der Waals surface area contributed by atoms with Crippen LogP contribution in [0.15, 0.2) is 95.2 Å². The van der Waals surface area contributed by atoms with Gasteiger partial charge >= 0.3 is 5.97 Å². The molecule has 23 heteroatoms. The number of ketones is 1. The van der Waals surface area contributed by atoms with E-state index in [4.69, 9.17) is 33.7 Å². The first-order valence-corrected chi connectivity index (χ1v) is 31.0. The van der Waals surface area contributed by atoms with E-state index in [9.17, 15) is 43.5 Å². The summed E-state index contributed by atoms with van der Waals surface area (Å²) in [5.74, 6) is -1.92. The molecule has 0 aromatic heterocycles. The third kappa shape index (κ3) is 15.8. The zero-order valence-electron chi connectivity index (χ0n) is 51.1. The predicted octanol–water partition coefficient (Wildman–Crippen LogP) is 8.55. The van der Waals surface area contributed by atoms with Crippen molar-refractivity contribution in [1.82, 2.24) is 25.3 Å². The number of Topliss-reactive ketones (excluding diaryl/α,β-unsaturated/α-hetero) is 1. The third-order valence-corrected chi connectivity index (χ3v) is 17.5. The number of fused-ring (bicyclic) bond motifs is 4. The lowest BCUT2D eigenvalue weighted by atomic mass is 9.92. The van der Waals surface area contributed by atoms with E-state index in [-0.39, 0.29) is 79.0 Å². The number of nitrogens with zero attached hydrogens (tertiary/aromatic N) is 5. The number of aliphatic imine (C=N–C) groups is 2. The molecule has 0 aliphatic carbocycles. The number of hydrogen-bond donors (Lipinski definition) is 4. The molecule has 9 rings (SSSR count). The van der Waals surface area contributed by atoms with Crippen molar-refractivity contribution in [3.63, 3.8) is 0 Å². The average Bonchev–Trinajstić information content (AvgIpc) is 2.07. The van der Waals surface area contributed by atoms with Crippen molar-refractivity contribution in [2.45, 2.75) is 121 Å². The summed E-state index contributed by atoms with van der Waals surface area (Å²) in [6.45, 7) is 7.94. The number of methoxy groups -OCH3 is 3. The highest BCUT2D eigenvalue weighted by atomic mass is 32.2. The van der Waals surface area contributed by atoms with E-state index in [1.807, 2.05) is 62.7 Å². The van der Waals surface area contributed by atoms with E-state index < -0.39 is 41.0 Å². The Morgan fingerprint density at radius 1 is 0.719 bits per heavy atom. The highest BCUT2D eigenvalue weighted by Gasteiger charge is 2.40. The molecule has 22 nitrogen and oxygen atoms in total. The molecular weight excluding hydrogens is 1160 g/mol. The molecular formula is C66H76N8O14S. The van der Waals surface area contributed by atoms with Gasteiger partial charge < -0.3 is 54.5 Å². The van der Waals surface area contributed by atoms with Crippen molar-refractivity contribution < 1.29 is 67.1 Å². The van der Waals surface area contributed by atoms with Gasteiger partial charge in [-0.25, -0.2) is 4.79 Å². The molecule has 5 aliphatic heterocycles. The molecule has 5 aliphatic rings. The van der Waals surface area contributed by atoms with Gasteiger partial charge in [0.1, 0.15) is 11.8 Å². The Morgan fingerprint density at radius 3 is 2.02 bits per heavy atom. The zero-order chi connectivity index (χ0) is 63.5. The molecule has 1 fully saturated rings. The molecule has 4 aromatic rings. The Bertz CT molecular complexity index is 3470. The van der Waals surface area contributed by atoms with Gasteiger partial charge in [0.2, 0.25) is 29.5 Å². The summed E-state index contributed by atoms with van der Waals surface area (Å²) in [5, 5.41) is 16.7. The van der Waals surface area contributed by atoms with Crippen LogP contribution in [-0.4, -0.2) is 156 Å². The Labute approximate surface area is 521 Å². The van der Waals surface area contributed by atoms with Crippen molar-refractivity contribution in [3.05, 3.63) is 107 Å². The summed E-state index contributed by atoms with van der Waals surface area (Å²) < 4.78 is 29.3. The monoisotopic (exact) mass is 1240 g/mol. The van der Waals surface area contributed by atoms with Gasteiger partial charge in [-0.05, 0) is 83.9 Å². The number of carbonyl (C=O) groups excluding carboxylic acids is 7. The number of hydrogen-bond acceptors (Lipinski definition) is 17. The number of aliphatic carboxylic acids is 1. The summed E-state index contributed by atoms with van der Waals surface area (Å²) in [5.41, 5.74) is 7.35. The maximum atomic E-state index is 14.2. The third-order valence-electron chi connectivity index (χ3n) is 16.2. The first kappa shape index (κ1) is 64.5. The Kier molecular flexibility index (Phi) is 21.3. The largest absolute Gasteiger partial charge is 0.497 e. The number of unbranched alkanes of at least 4 members (excludes halogenated alkanes) is 2. The molecule has 0 bridgehead atoms. The highest BCUT2D eigenvalue weighted by molar-refractivity contribution is 8.00. The number of ether oxygens (including phenoxy) is 5. The van der Waals surface area contributed by atoms with Crippen molar-refractivity contribution in [2.75, 3.05) is 52.2 Å². The fourth-order valence-corrected chi connectivity index (χ4v) is 12.4. The smallest absolute Gasteiger partial charge is 0.327 e. The first-order chi connectivity index (χ1) is 42.8. The molecule has 4 N–H and O–H groups in total. The van der Waals surface area contributed by atoms with Crippen LogP contribution < -0.4 is 39.6 Å². The lowest BCUT2D eigenvalue weighted by molar-refractivity contribution is -0.141. The van der Waals surface area contributed by atoms with Gasteiger partial charge in [0.25, 0.3) is 5.91 Å². The summed E-state index contributed by atoms with van der Waals surface area (Å²) >= 11 is 1.02. The maximum absolute atomic E-state index is 14.2. The topological polar surface area (TPSA) is 273 Å². The van der Waals surface area contributed by atoms with E-state index in [0.717, 1.165) is 56.8 Å². The van der Waals surface area contributed by atoms with Gasteiger partial charge in [-0.15, -0.1) is 11.8 Å². The number of imide groups is 1. The molecule has 89 heavy (non-hydrogen) atoms. The quantitative estimate of drug-likeness (QED) is 0.0293. The molecule has 1 saturated heterocycles. The number of likely N-dealkylation sites (tertiary alicyclic amines) is 1. The van der Waals surface area contributed by atoms with Crippen LogP contribution in [0, 0.1) is 11.8 Å². The van der Waals surface area contributed by atoms with E-state index in [0.29, 0.717) is 91.8 Å². The summed E-state index contributed by atoms with van der Waals surface area (Å²) in [4.78, 5) is 117. The molecule has 0 spiro atoms. The second-order valence-corrected chi connectivity index (χ2v) is 24.2. The van der Waals surface area contributed by atoms with E-state index in [1.54, 1.807) is 56.5 Å². The number of benzene rings is 4. The fourth-order valence-electron chi connectivity index (χ4n) is 11.3. The SMILES string of the molecule is COc1ccc(C2=CN3Cc4cc(OC)c(OCCCOc5cc6c(cc5OC)C(=O)N5C=C(c7ccc(NC(=O)[C@H](C)CC(=O)[C@@H](NC(=O)CCCCCN8C(=O)CC(SCC(NC(C)=O)C(=O)O)C8=O)C(C)C)cc7)C[C@H]5C=N6)cc4N=C[C@@H]3C2)cc1. The molecule has 6 amide bonds. The van der Waals surface area contributed by atoms with Crippen molar-refractivity contribution in [3.8, 4) is 28.7 Å². The lowest BCUT2D eigenvalue weighted by Gasteiger charge is -2.23. The average molecular weight is 1240 g/mol. The number of amides is 6. The number of carboxylic acid groups (broad SMARTS) is 1. The van der Waals surface area contributed by atoms with Crippen molar-refractivity contribution in [1.29, 1.82) is 0 Å². The van der Waals surface area contributed by atoms with Crippen LogP contribution in [0.5, 0.6) is 28.7 Å². The van der Waals surface area contributed by atoms with Crippen LogP contribution in [0.25, 0.3) is 11.1 Å². The van der Waals surface area contributed by atoms with E-state index >= 15 is 0 Å². The van der Waals surface area contributed by atoms with Crippen molar-refractivity contribution >= 4 is 99.6 Å². The number of rotatable bonds is 29. The lowest BCUT2D eigenvalue weighted by Crippen LogP contribution is -2.45. The number of thioether (sulfide) groups is 1. The minimum absolute atomic E-state index is 0.0633. The maximum Gasteiger partial charge on any atom is 0.327 e. The highest BCUT2D eigenvalue weighted by Crippen LogP contribution is 2.42. The van der Waals surface area contributed by atoms with Gasteiger partial charge in [0.05, 0.1) is 74.9 Å². The molecule has 2 unspecified atom stereocenters. The molecule has 4 aromatic carbocycles. The number of anilines is 1. The van der Waals surface area contributed by atoms with Gasteiger partial charge in [-0.3, -0.25) is 48.4 Å². The summed E-state index contributed by atoms with van der Waals surface area (Å²) in [7, 11) is 4.81. The van der Waals surface area contributed by atoms with Gasteiger partial charge in [0, 0.05) is 112 Å². The van der Waals surface area contributed by atoms with Crippen LogP contribution in [-0.2, 0) is 40.1 Å². The minimum atomic E-state index is -1.24. The molecule has 470 valence electrons. The van der Waals surface area contributed by atoms with Crippen LogP contribution in [0.3, 0.4) is 0 Å². The number of carbonyl (C=O) groups is 8. The normalized spacial score (nSPS) is 18.3. The molecule has 5 heterocycles. The molecule has 0 saturated carbocycles. The van der Waals surface area contributed by atoms with Gasteiger partial charge in [-0.1, -0.05) is 51.5 Å². The van der Waals surface area contributed by atoms with Gasteiger partial charge in [0.15, 0.2) is 28.8 Å². The fraction of sp³-hybridized carbons (Fsp3) is 0.424. The predicted molar refractivity (Wildman–Crippen MR) is 337 cm³/mol. The Morgan fingerprint density at radius 2 is 1.36 bits per heavy atom. The molecule has 6 atom stereocenters. The molecule has 0 radical (unpaired) electrons. The van der Waals surface area contributed by atoms with E-state index in [1.165, 1.54) is 19.6 Å². The van der Waals surface area contributed by atoms with Crippen LogP contribution >= 0.6 is 11.8 Å². The second kappa shape index (κ2) is 29.3. The summed E-state index contributed by atoms with van der Waals surface area (Å²) in [6, 6.07) is 20.4. The van der Waals surface area contributed by atoms with Gasteiger partial charge in [-0.2, -0.15) is 0 Å². The zero-order valence-corrected chi connectivity index (χ0v) is 51.9. The van der Waals surface area contributed by atoms with Crippen LogP contribution in [0.4, 0.5) is 17.1 Å². The number of nitrogens with one attached hydrogen (secondary N) is 3. The van der Waals surface area contributed by atoms with Crippen LogP contribution in [0.1, 0.15) is 113 Å². The Hall–Kier alpha value is -8.99. The first-order valence-electron chi connectivity index (χ1n) is 29.9. The minimum Gasteiger partial charge on any atom is -0.497 e. The summed E-state index contributed by atoms with van der Waals surface area (Å²) in [6.07, 6.45) is 11.0. The Balaban J connectivity index is 0.702.